The summed E-state index contributed by atoms with van der Waals surface area (Å²) < 4.78 is 0. The van der Waals surface area contributed by atoms with Gasteiger partial charge >= 0.3 is 0 Å². The van der Waals surface area contributed by atoms with Gasteiger partial charge in [0.15, 0.2) is 5.78 Å². The number of benzene rings is 1. The van der Waals surface area contributed by atoms with Crippen LogP contribution >= 0.6 is 0 Å². The molecule has 0 fully saturated rings. The molecule has 0 amide bonds. The van der Waals surface area contributed by atoms with Gasteiger partial charge in [0.2, 0.25) is 0 Å². The fourth-order valence-corrected chi connectivity index (χ4v) is 1.04. The van der Waals surface area contributed by atoms with Crippen LogP contribution in [0.1, 0.15) is 12.5 Å². The summed E-state index contributed by atoms with van der Waals surface area (Å²) in [5.41, 5.74) is 4.96. The van der Waals surface area contributed by atoms with E-state index in [2.05, 4.69) is 5.73 Å². The third-order valence-corrected chi connectivity index (χ3v) is 1.90. The molecule has 0 aliphatic rings. The van der Waals surface area contributed by atoms with Crippen molar-refractivity contribution in [2.24, 2.45) is 0 Å². The van der Waals surface area contributed by atoms with Crippen LogP contribution in [-0.2, 0) is 11.2 Å². The first-order valence-corrected chi connectivity index (χ1v) is 4.07. The van der Waals surface area contributed by atoms with E-state index in [1.54, 1.807) is 6.92 Å². The minimum absolute atomic E-state index is 0.104. The Bertz CT molecular complexity index is 256. The second-order valence-electron chi connectivity index (χ2n) is 3.00. The van der Waals surface area contributed by atoms with E-state index in [0.717, 1.165) is 6.42 Å². The number of hydrogen-bond donors (Lipinski definition) is 1. The zero-order valence-electron chi connectivity index (χ0n) is 7.29. The van der Waals surface area contributed by atoms with Crippen molar-refractivity contribution in [2.45, 2.75) is 19.4 Å². The number of hydrogen-bond acceptors (Lipinski definition) is 1. The Hall–Kier alpha value is -1.15. The smallest absolute Gasteiger partial charge is 0.187 e. The van der Waals surface area contributed by atoms with E-state index in [-0.39, 0.29) is 11.8 Å². The molecule has 1 aromatic rings. The maximum absolute atomic E-state index is 10.9. The Kier molecular flexibility index (Phi) is 3.00. The number of quaternary nitrogens is 1. The molecule has 0 bridgehead atoms. The first-order valence-electron chi connectivity index (χ1n) is 4.07. The van der Waals surface area contributed by atoms with Crippen molar-refractivity contribution in [3.8, 4) is 0 Å². The van der Waals surface area contributed by atoms with E-state index in [1.807, 2.05) is 30.3 Å². The molecule has 1 aromatic carbocycles. The Morgan fingerprint density at radius 2 is 2.00 bits per heavy atom. The summed E-state index contributed by atoms with van der Waals surface area (Å²) in [5.74, 6) is 0.152. The van der Waals surface area contributed by atoms with E-state index in [9.17, 15) is 4.79 Å². The summed E-state index contributed by atoms with van der Waals surface area (Å²) in [6.45, 7) is 1.58. The normalized spacial score (nSPS) is 12.5. The molecule has 64 valence electrons. The van der Waals surface area contributed by atoms with Gasteiger partial charge in [-0.2, -0.15) is 0 Å². The van der Waals surface area contributed by atoms with Gasteiger partial charge in [-0.3, -0.25) is 4.79 Å². The highest BCUT2D eigenvalue weighted by Gasteiger charge is 2.11. The van der Waals surface area contributed by atoms with Gasteiger partial charge in [-0.25, -0.2) is 0 Å². The lowest BCUT2D eigenvalue weighted by Crippen LogP contribution is -2.65. The van der Waals surface area contributed by atoms with Gasteiger partial charge in [-0.15, -0.1) is 0 Å². The van der Waals surface area contributed by atoms with E-state index in [4.69, 9.17) is 0 Å². The minimum atomic E-state index is -0.104. The van der Waals surface area contributed by atoms with Crippen molar-refractivity contribution in [1.82, 2.24) is 0 Å². The van der Waals surface area contributed by atoms with Crippen LogP contribution in [0.4, 0.5) is 0 Å². The third-order valence-electron chi connectivity index (χ3n) is 1.90. The van der Waals surface area contributed by atoms with E-state index in [0.29, 0.717) is 0 Å². The second kappa shape index (κ2) is 4.02. The zero-order valence-corrected chi connectivity index (χ0v) is 7.29. The zero-order chi connectivity index (χ0) is 8.97. The van der Waals surface area contributed by atoms with Gasteiger partial charge in [-0.05, 0) is 5.56 Å². The van der Waals surface area contributed by atoms with Crippen LogP contribution in [0.5, 0.6) is 0 Å². The lowest BCUT2D eigenvalue weighted by Gasteiger charge is -2.03. The van der Waals surface area contributed by atoms with Crippen molar-refractivity contribution < 1.29 is 10.5 Å². The molecular formula is C10H14NO+. The predicted molar refractivity (Wildman–Crippen MR) is 47.5 cm³/mol. The van der Waals surface area contributed by atoms with Crippen LogP contribution in [0.25, 0.3) is 0 Å². The average molecular weight is 164 g/mol. The van der Waals surface area contributed by atoms with Crippen molar-refractivity contribution in [3.63, 3.8) is 0 Å². The molecule has 0 spiro atoms. The van der Waals surface area contributed by atoms with E-state index < -0.39 is 0 Å². The first-order chi connectivity index (χ1) is 5.70. The lowest BCUT2D eigenvalue weighted by atomic mass is 10.0. The predicted octanol–water partition coefficient (Wildman–Crippen LogP) is 0.429. The molecule has 0 aliphatic carbocycles. The molecule has 2 heteroatoms. The van der Waals surface area contributed by atoms with Crippen LogP contribution in [0.3, 0.4) is 0 Å². The highest BCUT2D eigenvalue weighted by molar-refractivity contribution is 5.80. The number of Topliss-reactive ketones (excluding diaryl/α,β-unsaturated/α-hetero) is 1. The fourth-order valence-electron chi connectivity index (χ4n) is 1.04. The maximum atomic E-state index is 10.9. The van der Waals surface area contributed by atoms with Gasteiger partial charge < -0.3 is 5.73 Å². The number of rotatable bonds is 3. The number of carbonyl (C=O) groups is 1. The summed E-state index contributed by atoms with van der Waals surface area (Å²) in [7, 11) is 0. The van der Waals surface area contributed by atoms with Crippen LogP contribution in [0.15, 0.2) is 30.3 Å². The Labute approximate surface area is 72.4 Å². The number of carbonyl (C=O) groups excluding carboxylic acids is 1. The number of ketones is 1. The topological polar surface area (TPSA) is 44.7 Å². The molecule has 2 nitrogen and oxygen atoms in total. The van der Waals surface area contributed by atoms with E-state index >= 15 is 0 Å². The molecule has 0 radical (unpaired) electrons. The van der Waals surface area contributed by atoms with Gasteiger partial charge in [0, 0.05) is 13.3 Å². The summed E-state index contributed by atoms with van der Waals surface area (Å²) in [5, 5.41) is 0. The summed E-state index contributed by atoms with van der Waals surface area (Å²) in [4.78, 5) is 10.9. The van der Waals surface area contributed by atoms with Gasteiger partial charge in [0.05, 0.1) is 0 Å². The standard InChI is InChI=1S/C10H13NO/c1-8(12)10(11)7-9-5-3-2-4-6-9/h2-6,10H,7,11H2,1H3/p+1/t10-/m1/s1. The minimum Gasteiger partial charge on any atom is -0.349 e. The van der Waals surface area contributed by atoms with Crippen LogP contribution in [0, 0.1) is 0 Å². The molecule has 0 aromatic heterocycles. The molecular weight excluding hydrogens is 150 g/mol. The summed E-state index contributed by atoms with van der Waals surface area (Å²) in [6, 6.07) is 9.84. The molecule has 0 unspecified atom stereocenters. The van der Waals surface area contributed by atoms with Crippen LogP contribution in [0.2, 0.25) is 0 Å². The van der Waals surface area contributed by atoms with Gasteiger partial charge in [0.25, 0.3) is 0 Å². The van der Waals surface area contributed by atoms with E-state index in [1.165, 1.54) is 5.56 Å². The third kappa shape index (κ3) is 2.47. The SMILES string of the molecule is CC(=O)[C@H]([NH3+])Cc1ccccc1. The summed E-state index contributed by atoms with van der Waals surface area (Å²) in [6.07, 6.45) is 0.746. The molecule has 0 aliphatic heterocycles. The average Bonchev–Trinajstić information content (AvgIpc) is 2.06. The molecule has 3 N–H and O–H groups in total. The van der Waals surface area contributed by atoms with Crippen molar-refractivity contribution >= 4 is 5.78 Å². The lowest BCUT2D eigenvalue weighted by molar-refractivity contribution is -0.402. The van der Waals surface area contributed by atoms with Gasteiger partial charge in [-0.1, -0.05) is 30.3 Å². The molecule has 0 heterocycles. The summed E-state index contributed by atoms with van der Waals surface area (Å²) >= 11 is 0. The Morgan fingerprint density at radius 3 is 2.50 bits per heavy atom. The van der Waals surface area contributed by atoms with Crippen molar-refractivity contribution in [2.75, 3.05) is 0 Å². The molecule has 1 atom stereocenters. The highest BCUT2D eigenvalue weighted by atomic mass is 16.1. The molecule has 12 heavy (non-hydrogen) atoms. The van der Waals surface area contributed by atoms with Crippen molar-refractivity contribution in [3.05, 3.63) is 35.9 Å². The first kappa shape index (κ1) is 8.94. The van der Waals surface area contributed by atoms with Crippen LogP contribution in [-0.4, -0.2) is 11.8 Å². The Balaban J connectivity index is 2.58. The highest BCUT2D eigenvalue weighted by Crippen LogP contribution is 2.00. The van der Waals surface area contributed by atoms with Crippen molar-refractivity contribution in [1.29, 1.82) is 0 Å². The Morgan fingerprint density at radius 1 is 1.42 bits per heavy atom. The monoisotopic (exact) mass is 164 g/mol. The fraction of sp³-hybridized carbons (Fsp3) is 0.300. The second-order valence-corrected chi connectivity index (χ2v) is 3.00. The molecule has 0 saturated carbocycles. The quantitative estimate of drug-likeness (QED) is 0.691. The maximum Gasteiger partial charge on any atom is 0.187 e. The molecule has 0 saturated heterocycles. The van der Waals surface area contributed by atoms with Gasteiger partial charge in [0.1, 0.15) is 6.04 Å². The largest absolute Gasteiger partial charge is 0.349 e. The molecule has 1 rings (SSSR count). The van der Waals surface area contributed by atoms with Crippen LogP contribution < -0.4 is 5.73 Å².